The van der Waals surface area contributed by atoms with Crippen molar-refractivity contribution in [2.24, 2.45) is 0 Å². The molecule has 0 saturated heterocycles. The Hall–Kier alpha value is -3.33. The third kappa shape index (κ3) is 2.40. The summed E-state index contributed by atoms with van der Waals surface area (Å²) in [5.74, 6) is -1.10. The maximum atomic E-state index is 12.5. The summed E-state index contributed by atoms with van der Waals surface area (Å²) in [6, 6.07) is 9.04. The number of aromatic nitrogens is 2. The molecule has 2 aromatic carbocycles. The second kappa shape index (κ2) is 5.60. The number of amides is 2. The first-order chi connectivity index (χ1) is 12.4. The molecule has 0 radical (unpaired) electrons. The Morgan fingerprint density at radius 3 is 2.54 bits per heavy atom. The normalized spacial score (nSPS) is 15.1. The fourth-order valence-electron chi connectivity index (χ4n) is 2.72. The Labute approximate surface area is 148 Å². The molecule has 0 atom stereocenters. The number of hydrogen-bond donors (Lipinski definition) is 1. The van der Waals surface area contributed by atoms with Gasteiger partial charge in [0.15, 0.2) is 0 Å². The van der Waals surface area contributed by atoms with Gasteiger partial charge in [0.2, 0.25) is 0 Å². The van der Waals surface area contributed by atoms with E-state index in [4.69, 9.17) is 0 Å². The van der Waals surface area contributed by atoms with Gasteiger partial charge in [-0.05, 0) is 36.4 Å². The van der Waals surface area contributed by atoms with Crippen LogP contribution in [-0.4, -0.2) is 41.6 Å². The summed E-state index contributed by atoms with van der Waals surface area (Å²) in [5.41, 5.74) is 2.00. The quantitative estimate of drug-likeness (QED) is 0.737. The SMILES string of the molecule is CN1C(=O)c2ccc(C(=O)Nc3ccc4nccnc4c3)cc2S1(=O)=O. The second-order valence-corrected chi connectivity index (χ2v) is 7.64. The minimum atomic E-state index is -3.91. The van der Waals surface area contributed by atoms with E-state index in [1.165, 1.54) is 25.2 Å². The van der Waals surface area contributed by atoms with Crippen LogP contribution in [0.1, 0.15) is 20.7 Å². The van der Waals surface area contributed by atoms with Crippen molar-refractivity contribution in [1.29, 1.82) is 0 Å². The number of carbonyl (C=O) groups is 2. The summed E-state index contributed by atoms with van der Waals surface area (Å²) in [7, 11) is -2.72. The monoisotopic (exact) mass is 368 g/mol. The Morgan fingerprint density at radius 2 is 1.77 bits per heavy atom. The standard InChI is InChI=1S/C17H12N4O4S/c1-21-17(23)12-4-2-10(8-15(12)26(21,24)25)16(22)20-11-3-5-13-14(9-11)19-7-6-18-13/h2-9H,1H3,(H,20,22). The lowest BCUT2D eigenvalue weighted by molar-refractivity contribution is 0.0890. The Morgan fingerprint density at radius 1 is 1.04 bits per heavy atom. The zero-order chi connectivity index (χ0) is 18.5. The molecule has 3 aromatic rings. The van der Waals surface area contributed by atoms with E-state index in [1.54, 1.807) is 30.6 Å². The van der Waals surface area contributed by atoms with Gasteiger partial charge in [-0.3, -0.25) is 19.6 Å². The van der Waals surface area contributed by atoms with Crippen LogP contribution in [0.4, 0.5) is 5.69 Å². The third-order valence-corrected chi connectivity index (χ3v) is 5.91. The van der Waals surface area contributed by atoms with Gasteiger partial charge < -0.3 is 5.32 Å². The first kappa shape index (κ1) is 16.2. The van der Waals surface area contributed by atoms with Crippen LogP contribution >= 0.6 is 0 Å². The van der Waals surface area contributed by atoms with Crippen LogP contribution in [0.2, 0.25) is 0 Å². The number of fused-ring (bicyclic) bond motifs is 2. The van der Waals surface area contributed by atoms with Gasteiger partial charge in [-0.2, -0.15) is 0 Å². The smallest absolute Gasteiger partial charge is 0.268 e. The lowest BCUT2D eigenvalue weighted by Crippen LogP contribution is -2.24. The Kier molecular flexibility index (Phi) is 3.48. The number of carbonyl (C=O) groups excluding carboxylic acids is 2. The third-order valence-electron chi connectivity index (χ3n) is 4.13. The zero-order valence-electron chi connectivity index (χ0n) is 13.5. The lowest BCUT2D eigenvalue weighted by Gasteiger charge is -2.07. The summed E-state index contributed by atoms with van der Waals surface area (Å²) in [6.07, 6.45) is 3.12. The zero-order valence-corrected chi connectivity index (χ0v) is 14.3. The molecule has 1 aliphatic rings. The fourth-order valence-corrected chi connectivity index (χ4v) is 4.05. The van der Waals surface area contributed by atoms with Crippen LogP contribution in [0.3, 0.4) is 0 Å². The van der Waals surface area contributed by atoms with Crippen molar-refractivity contribution >= 4 is 38.6 Å². The highest BCUT2D eigenvalue weighted by molar-refractivity contribution is 7.90. The van der Waals surface area contributed by atoms with E-state index >= 15 is 0 Å². The molecule has 1 N–H and O–H groups in total. The molecular formula is C17H12N4O4S. The molecule has 0 fully saturated rings. The van der Waals surface area contributed by atoms with Crippen LogP contribution in [0.5, 0.6) is 0 Å². The molecule has 2 heterocycles. The highest BCUT2D eigenvalue weighted by atomic mass is 32.2. The maximum absolute atomic E-state index is 12.5. The molecular weight excluding hydrogens is 356 g/mol. The van der Waals surface area contributed by atoms with Crippen LogP contribution in [0.25, 0.3) is 11.0 Å². The van der Waals surface area contributed by atoms with Crippen LogP contribution in [0, 0.1) is 0 Å². The van der Waals surface area contributed by atoms with Crippen molar-refractivity contribution in [3.63, 3.8) is 0 Å². The molecule has 0 aliphatic carbocycles. The largest absolute Gasteiger partial charge is 0.322 e. The van der Waals surface area contributed by atoms with Gasteiger partial charge >= 0.3 is 0 Å². The first-order valence-electron chi connectivity index (χ1n) is 7.57. The average molecular weight is 368 g/mol. The summed E-state index contributed by atoms with van der Waals surface area (Å²) >= 11 is 0. The van der Waals surface area contributed by atoms with E-state index in [2.05, 4.69) is 15.3 Å². The molecule has 1 aliphatic heterocycles. The molecule has 26 heavy (non-hydrogen) atoms. The summed E-state index contributed by atoms with van der Waals surface area (Å²) in [6.45, 7) is 0. The average Bonchev–Trinajstić information content (AvgIpc) is 2.82. The molecule has 8 nitrogen and oxygen atoms in total. The number of rotatable bonds is 2. The van der Waals surface area contributed by atoms with Crippen LogP contribution in [0.15, 0.2) is 53.7 Å². The number of sulfonamides is 1. The molecule has 0 saturated carbocycles. The molecule has 9 heteroatoms. The van der Waals surface area contributed by atoms with Gasteiger partial charge in [0, 0.05) is 30.7 Å². The highest BCUT2D eigenvalue weighted by Gasteiger charge is 2.38. The van der Waals surface area contributed by atoms with Crippen molar-refractivity contribution in [2.45, 2.75) is 4.90 Å². The molecule has 130 valence electrons. The summed E-state index contributed by atoms with van der Waals surface area (Å²) in [5, 5.41) is 2.69. The summed E-state index contributed by atoms with van der Waals surface area (Å²) < 4.78 is 25.1. The second-order valence-electron chi connectivity index (χ2n) is 5.70. The first-order valence-corrected chi connectivity index (χ1v) is 9.01. The predicted molar refractivity (Wildman–Crippen MR) is 93.2 cm³/mol. The number of benzene rings is 2. The van der Waals surface area contributed by atoms with E-state index in [0.717, 1.165) is 0 Å². The van der Waals surface area contributed by atoms with Crippen molar-refractivity contribution < 1.29 is 18.0 Å². The van der Waals surface area contributed by atoms with Crippen LogP contribution < -0.4 is 5.32 Å². The number of nitrogens with one attached hydrogen (secondary N) is 1. The Bertz CT molecular complexity index is 1190. The minimum absolute atomic E-state index is 0.0602. The van der Waals surface area contributed by atoms with Crippen molar-refractivity contribution in [3.05, 3.63) is 59.9 Å². The Balaban J connectivity index is 1.67. The molecule has 1 aromatic heterocycles. The molecule has 0 spiro atoms. The predicted octanol–water partition coefficient (Wildman–Crippen LogP) is 1.66. The molecule has 0 bridgehead atoms. The van der Waals surface area contributed by atoms with E-state index in [9.17, 15) is 18.0 Å². The van der Waals surface area contributed by atoms with Gasteiger partial charge in [-0.1, -0.05) is 0 Å². The fraction of sp³-hybridized carbons (Fsp3) is 0.0588. The van der Waals surface area contributed by atoms with Crippen molar-refractivity contribution in [3.8, 4) is 0 Å². The van der Waals surface area contributed by atoms with Gasteiger partial charge in [0.1, 0.15) is 4.90 Å². The van der Waals surface area contributed by atoms with E-state index < -0.39 is 21.8 Å². The topological polar surface area (TPSA) is 109 Å². The minimum Gasteiger partial charge on any atom is -0.322 e. The maximum Gasteiger partial charge on any atom is 0.268 e. The van der Waals surface area contributed by atoms with Gasteiger partial charge in [0.25, 0.3) is 21.8 Å². The molecule has 2 amide bonds. The van der Waals surface area contributed by atoms with Crippen LogP contribution in [-0.2, 0) is 10.0 Å². The number of hydrogen-bond acceptors (Lipinski definition) is 6. The molecule has 4 rings (SSSR count). The van der Waals surface area contributed by atoms with Gasteiger partial charge in [-0.25, -0.2) is 12.7 Å². The number of nitrogens with zero attached hydrogens (tertiary/aromatic N) is 3. The summed E-state index contributed by atoms with van der Waals surface area (Å²) in [4.78, 5) is 32.6. The highest BCUT2D eigenvalue weighted by Crippen LogP contribution is 2.30. The van der Waals surface area contributed by atoms with Gasteiger partial charge in [0.05, 0.1) is 16.6 Å². The van der Waals surface area contributed by atoms with Crippen molar-refractivity contribution in [1.82, 2.24) is 14.3 Å². The van der Waals surface area contributed by atoms with E-state index in [1.807, 2.05) is 0 Å². The molecule has 0 unspecified atom stereocenters. The number of anilines is 1. The lowest BCUT2D eigenvalue weighted by atomic mass is 10.1. The van der Waals surface area contributed by atoms with E-state index in [0.29, 0.717) is 21.0 Å². The van der Waals surface area contributed by atoms with Crippen molar-refractivity contribution in [2.75, 3.05) is 12.4 Å². The van der Waals surface area contributed by atoms with E-state index in [-0.39, 0.29) is 16.0 Å². The van der Waals surface area contributed by atoms with Gasteiger partial charge in [-0.15, -0.1) is 0 Å².